The number of aromatic nitrogens is 2. The second kappa shape index (κ2) is 8.92. The summed E-state index contributed by atoms with van der Waals surface area (Å²) < 4.78 is 8.35. The number of benzene rings is 2. The third-order valence-corrected chi connectivity index (χ3v) is 8.45. The van der Waals surface area contributed by atoms with Crippen molar-refractivity contribution in [1.29, 1.82) is 0 Å². The molecule has 0 unspecified atom stereocenters. The highest BCUT2D eigenvalue weighted by atomic mass is 35.5. The molecule has 1 aromatic heterocycles. The van der Waals surface area contributed by atoms with Crippen LogP contribution in [0.15, 0.2) is 42.6 Å². The summed E-state index contributed by atoms with van der Waals surface area (Å²) in [5, 5.41) is 3.98. The fraction of sp³-hybridized carbons (Fsp3) is 0.292. The van der Waals surface area contributed by atoms with Gasteiger partial charge in [0.25, 0.3) is 5.91 Å². The van der Waals surface area contributed by atoms with E-state index in [0.717, 1.165) is 25.2 Å². The van der Waals surface area contributed by atoms with Crippen LogP contribution >= 0.6 is 33.4 Å². The monoisotopic (exact) mass is 517 g/mol. The lowest BCUT2D eigenvalue weighted by Gasteiger charge is -2.43. The summed E-state index contributed by atoms with van der Waals surface area (Å²) in [7, 11) is -0.729. The van der Waals surface area contributed by atoms with Crippen LogP contribution in [0.4, 0.5) is 17.3 Å². The summed E-state index contributed by atoms with van der Waals surface area (Å²) in [5.41, 5.74) is 4.26. The Labute approximate surface area is 210 Å². The van der Waals surface area contributed by atoms with Crippen molar-refractivity contribution in [3.05, 3.63) is 69.3 Å². The highest BCUT2D eigenvalue weighted by molar-refractivity contribution is 8.30. The summed E-state index contributed by atoms with van der Waals surface area (Å²) in [6.07, 6.45) is 9.47. The number of carbonyl (C=O) groups is 1. The molecule has 0 aliphatic carbocycles. The van der Waals surface area contributed by atoms with Crippen molar-refractivity contribution >= 4 is 56.6 Å². The summed E-state index contributed by atoms with van der Waals surface area (Å²) in [6, 6.07) is 11.4. The minimum Gasteiger partial charge on any atom is -0.455 e. The number of fused-ring (bicyclic) bond motifs is 2. The van der Waals surface area contributed by atoms with Crippen LogP contribution in [0, 0.1) is 0 Å². The third kappa shape index (κ3) is 4.43. The number of hydrogen-bond acceptors (Lipinski definition) is 6. The fourth-order valence-corrected chi connectivity index (χ4v) is 5.89. The molecule has 2 aromatic carbocycles. The highest BCUT2D eigenvalue weighted by Gasteiger charge is 2.31. The van der Waals surface area contributed by atoms with E-state index >= 15 is 0 Å². The maximum absolute atomic E-state index is 13.1. The van der Waals surface area contributed by atoms with Crippen LogP contribution in [-0.4, -0.2) is 52.2 Å². The molecule has 0 fully saturated rings. The normalized spacial score (nSPS) is 16.5. The maximum Gasteiger partial charge on any atom is 0.268 e. The van der Waals surface area contributed by atoms with Gasteiger partial charge in [-0.2, -0.15) is 15.2 Å². The zero-order chi connectivity index (χ0) is 24.0. The van der Waals surface area contributed by atoms with E-state index in [1.54, 1.807) is 18.2 Å². The molecule has 34 heavy (non-hydrogen) atoms. The van der Waals surface area contributed by atoms with E-state index in [1.165, 1.54) is 22.2 Å². The van der Waals surface area contributed by atoms with E-state index in [4.69, 9.17) is 27.9 Å². The van der Waals surface area contributed by atoms with Gasteiger partial charge in [-0.1, -0.05) is 35.3 Å². The van der Waals surface area contributed by atoms with Crippen molar-refractivity contribution in [1.82, 2.24) is 14.3 Å². The molecule has 3 heterocycles. The smallest absolute Gasteiger partial charge is 0.268 e. The van der Waals surface area contributed by atoms with Crippen LogP contribution in [0.1, 0.15) is 21.5 Å². The van der Waals surface area contributed by atoms with E-state index in [-0.39, 0.29) is 24.1 Å². The SMILES string of the molecule is CS(C)(C)N1CCc2cc(Nc3ncc4c(n3)OCN(c3c(Cl)cccc3Cl)C4=O)ccc2C1. The van der Waals surface area contributed by atoms with Gasteiger partial charge in [0.15, 0.2) is 6.73 Å². The van der Waals surface area contributed by atoms with Crippen molar-refractivity contribution in [3.63, 3.8) is 0 Å². The molecule has 0 saturated carbocycles. The highest BCUT2D eigenvalue weighted by Crippen LogP contribution is 2.43. The van der Waals surface area contributed by atoms with Gasteiger partial charge >= 0.3 is 0 Å². The van der Waals surface area contributed by atoms with Crippen LogP contribution in [0.3, 0.4) is 0 Å². The lowest BCUT2D eigenvalue weighted by molar-refractivity contribution is 0.0932. The molecule has 1 amide bonds. The van der Waals surface area contributed by atoms with E-state index in [9.17, 15) is 4.79 Å². The first-order valence-electron chi connectivity index (χ1n) is 10.8. The van der Waals surface area contributed by atoms with Gasteiger partial charge in [-0.25, -0.2) is 4.98 Å². The number of halogens is 2. The summed E-state index contributed by atoms with van der Waals surface area (Å²) in [6.45, 7) is 2.00. The second-order valence-corrected chi connectivity index (χ2v) is 13.9. The molecule has 0 saturated heterocycles. The Morgan fingerprint density at radius 1 is 1.09 bits per heavy atom. The fourth-order valence-electron chi connectivity index (χ4n) is 4.13. The van der Waals surface area contributed by atoms with Crippen molar-refractivity contribution in [2.24, 2.45) is 0 Å². The first-order valence-corrected chi connectivity index (χ1v) is 14.4. The largest absolute Gasteiger partial charge is 0.455 e. The minimum absolute atomic E-state index is 0.0448. The predicted octanol–water partition coefficient (Wildman–Crippen LogP) is 5.49. The number of rotatable bonds is 4. The Hall–Kier alpha value is -2.52. The van der Waals surface area contributed by atoms with Gasteiger partial charge < -0.3 is 10.1 Å². The van der Waals surface area contributed by atoms with Gasteiger partial charge in [0.1, 0.15) is 5.56 Å². The van der Waals surface area contributed by atoms with Gasteiger partial charge in [0, 0.05) is 25.0 Å². The molecule has 5 rings (SSSR count). The van der Waals surface area contributed by atoms with Gasteiger partial charge in [-0.3, -0.25) is 14.0 Å². The summed E-state index contributed by atoms with van der Waals surface area (Å²) >= 11 is 12.5. The molecule has 10 heteroatoms. The molecule has 3 aromatic rings. The van der Waals surface area contributed by atoms with Crippen LogP contribution in [-0.2, 0) is 13.0 Å². The maximum atomic E-state index is 13.1. The average molecular weight is 518 g/mol. The predicted molar refractivity (Wildman–Crippen MR) is 140 cm³/mol. The van der Waals surface area contributed by atoms with E-state index in [1.807, 2.05) is 6.07 Å². The molecule has 0 atom stereocenters. The van der Waals surface area contributed by atoms with Crippen LogP contribution in [0.2, 0.25) is 10.0 Å². The first kappa shape index (κ1) is 23.2. The zero-order valence-corrected chi connectivity index (χ0v) is 21.5. The molecule has 2 aliphatic rings. The number of hydrogen-bond donors (Lipinski definition) is 1. The van der Waals surface area contributed by atoms with Gasteiger partial charge in [-0.15, -0.1) is 0 Å². The van der Waals surface area contributed by atoms with Gasteiger partial charge in [0.05, 0.1) is 15.7 Å². The number of ether oxygens (including phenoxy) is 1. The number of nitrogens with one attached hydrogen (secondary N) is 1. The van der Waals surface area contributed by atoms with E-state index < -0.39 is 10.2 Å². The number of para-hydroxylation sites is 1. The molecule has 0 bridgehead atoms. The lowest BCUT2D eigenvalue weighted by atomic mass is 10.0. The van der Waals surface area contributed by atoms with E-state index in [2.05, 4.69) is 50.5 Å². The number of amides is 1. The molecule has 178 valence electrons. The van der Waals surface area contributed by atoms with Crippen LogP contribution < -0.4 is 15.0 Å². The Morgan fingerprint density at radius 2 is 1.85 bits per heavy atom. The molecular weight excluding hydrogens is 493 g/mol. The third-order valence-electron chi connectivity index (χ3n) is 5.98. The topological polar surface area (TPSA) is 70.6 Å². The molecule has 0 radical (unpaired) electrons. The van der Waals surface area contributed by atoms with Crippen molar-refractivity contribution in [2.45, 2.75) is 13.0 Å². The Bertz CT molecular complexity index is 1260. The zero-order valence-electron chi connectivity index (χ0n) is 19.1. The molecule has 0 spiro atoms. The van der Waals surface area contributed by atoms with Crippen molar-refractivity contribution in [2.75, 3.05) is 42.3 Å². The second-order valence-electron chi connectivity index (χ2n) is 8.98. The van der Waals surface area contributed by atoms with Crippen molar-refractivity contribution < 1.29 is 9.53 Å². The molecule has 2 aliphatic heterocycles. The average Bonchev–Trinajstić information content (AvgIpc) is 2.79. The standard InChI is InChI=1S/C24H25Cl2N5O2S/c1-34(2,3)30-10-9-15-11-17(8-7-16(15)13-30)28-24-27-12-18-22(29-24)33-14-31(23(18)32)21-19(25)5-4-6-20(21)26/h4-8,11-12H,9-10,13-14H2,1-3H3,(H,27,28,29). The van der Waals surface area contributed by atoms with Crippen molar-refractivity contribution in [3.8, 4) is 5.88 Å². The molecular formula is C24H25Cl2N5O2S. The quantitative estimate of drug-likeness (QED) is 0.493. The van der Waals surface area contributed by atoms with Crippen LogP contribution in [0.25, 0.3) is 0 Å². The Morgan fingerprint density at radius 3 is 2.59 bits per heavy atom. The summed E-state index contributed by atoms with van der Waals surface area (Å²) in [4.78, 5) is 23.2. The summed E-state index contributed by atoms with van der Waals surface area (Å²) in [5.74, 6) is 0.276. The van der Waals surface area contributed by atoms with E-state index in [0.29, 0.717) is 21.7 Å². The number of nitrogens with zero attached hydrogens (tertiary/aromatic N) is 4. The van der Waals surface area contributed by atoms with Gasteiger partial charge in [0.2, 0.25) is 11.8 Å². The number of carbonyl (C=O) groups excluding carboxylic acids is 1. The molecule has 1 N–H and O–H groups in total. The van der Waals surface area contributed by atoms with Gasteiger partial charge in [-0.05, 0) is 60.6 Å². The molecule has 7 nitrogen and oxygen atoms in total. The number of anilines is 3. The minimum atomic E-state index is -0.729. The lowest BCUT2D eigenvalue weighted by Crippen LogP contribution is -2.39. The first-order chi connectivity index (χ1) is 16.2. The Kier molecular flexibility index (Phi) is 6.10. The van der Waals surface area contributed by atoms with Crippen LogP contribution in [0.5, 0.6) is 5.88 Å². The Balaban J connectivity index is 1.34.